The van der Waals surface area contributed by atoms with Gasteiger partial charge in [0.05, 0.1) is 12.2 Å². The predicted molar refractivity (Wildman–Crippen MR) is 42.5 cm³/mol. The molecular weight excluding hydrogens is 160 g/mol. The molecule has 1 heterocycles. The molecule has 0 aliphatic carbocycles. The van der Waals surface area contributed by atoms with Gasteiger partial charge in [-0.05, 0) is 6.92 Å². The summed E-state index contributed by atoms with van der Waals surface area (Å²) in [6.45, 7) is 3.62. The number of rotatable bonds is 1. The van der Waals surface area contributed by atoms with Crippen LogP contribution in [0, 0.1) is 5.92 Å². The van der Waals surface area contributed by atoms with Gasteiger partial charge in [0.1, 0.15) is 6.10 Å². The Morgan fingerprint density at radius 1 is 1.58 bits per heavy atom. The van der Waals surface area contributed by atoms with E-state index in [0.29, 0.717) is 0 Å². The molecule has 1 fully saturated rings. The highest BCUT2D eigenvalue weighted by molar-refractivity contribution is 4.89. The van der Waals surface area contributed by atoms with Gasteiger partial charge in [0.25, 0.3) is 0 Å². The summed E-state index contributed by atoms with van der Waals surface area (Å²) in [6, 6.07) is 0. The number of aliphatic hydroxyl groups excluding tert-OH is 1. The third kappa shape index (κ3) is 1.61. The fourth-order valence-electron chi connectivity index (χ4n) is 1.29. The lowest BCUT2D eigenvalue weighted by atomic mass is 9.84. The third-order valence-electron chi connectivity index (χ3n) is 2.54. The van der Waals surface area contributed by atoms with Crippen molar-refractivity contribution in [3.8, 4) is 0 Å². The zero-order valence-electron chi connectivity index (χ0n) is 7.65. The molecule has 0 amide bonds. The van der Waals surface area contributed by atoms with E-state index in [4.69, 9.17) is 9.47 Å². The van der Waals surface area contributed by atoms with Crippen LogP contribution >= 0.6 is 0 Å². The highest BCUT2D eigenvalue weighted by Gasteiger charge is 2.43. The molecule has 0 aromatic rings. The maximum atomic E-state index is 9.69. The zero-order valence-corrected chi connectivity index (χ0v) is 7.65. The van der Waals surface area contributed by atoms with Crippen LogP contribution in [0.25, 0.3) is 0 Å². The summed E-state index contributed by atoms with van der Waals surface area (Å²) < 4.78 is 9.99. The first kappa shape index (κ1) is 9.92. The maximum absolute atomic E-state index is 9.69. The van der Waals surface area contributed by atoms with Gasteiger partial charge < -0.3 is 19.7 Å². The number of ether oxygens (including phenoxy) is 2. The lowest BCUT2D eigenvalue weighted by Gasteiger charge is -2.41. The van der Waals surface area contributed by atoms with Gasteiger partial charge in [-0.15, -0.1) is 0 Å². The number of hydrogen-bond donors (Lipinski definition) is 2. The van der Waals surface area contributed by atoms with Crippen LogP contribution in [0.1, 0.15) is 13.8 Å². The van der Waals surface area contributed by atoms with Crippen LogP contribution in [0.5, 0.6) is 0 Å². The predicted octanol–water partition coefficient (Wildman–Crippen LogP) is -0.263. The summed E-state index contributed by atoms with van der Waals surface area (Å²) in [4.78, 5) is 0. The highest BCUT2D eigenvalue weighted by Crippen LogP contribution is 2.29. The second-order valence-electron chi connectivity index (χ2n) is 3.55. The van der Waals surface area contributed by atoms with E-state index in [1.54, 1.807) is 13.8 Å². The normalized spacial score (nSPS) is 49.2. The molecule has 0 aromatic carbocycles. The van der Waals surface area contributed by atoms with Crippen molar-refractivity contribution in [2.24, 2.45) is 5.92 Å². The summed E-state index contributed by atoms with van der Waals surface area (Å²) in [5.41, 5.74) is -0.964. The summed E-state index contributed by atoms with van der Waals surface area (Å²) in [5, 5.41) is 19.2. The number of methoxy groups -OCH3 is 1. The average molecular weight is 176 g/mol. The van der Waals surface area contributed by atoms with Crippen molar-refractivity contribution in [1.29, 1.82) is 0 Å². The Hall–Kier alpha value is -0.160. The molecule has 4 nitrogen and oxygen atoms in total. The SMILES string of the molecule is CO[C@H]1OCC(C)(O)[C@@H](C)C1O. The quantitative estimate of drug-likeness (QED) is 0.577. The third-order valence-corrected chi connectivity index (χ3v) is 2.54. The highest BCUT2D eigenvalue weighted by atomic mass is 16.7. The van der Waals surface area contributed by atoms with E-state index in [1.165, 1.54) is 7.11 Å². The lowest BCUT2D eigenvalue weighted by Crippen LogP contribution is -2.55. The standard InChI is InChI=1S/C8H16O4/c1-5-6(9)7(11-3)12-4-8(5,2)10/h5-7,9-10H,4H2,1-3H3/t5-,6?,7-,8?/m0/s1. The van der Waals surface area contributed by atoms with Crippen molar-refractivity contribution in [3.63, 3.8) is 0 Å². The molecule has 72 valence electrons. The molecule has 4 heteroatoms. The molecule has 0 spiro atoms. The molecule has 0 radical (unpaired) electrons. The Labute approximate surface area is 72.1 Å². The minimum absolute atomic E-state index is 0.198. The van der Waals surface area contributed by atoms with Crippen LogP contribution in [0.2, 0.25) is 0 Å². The van der Waals surface area contributed by atoms with E-state index in [-0.39, 0.29) is 12.5 Å². The van der Waals surface area contributed by atoms with Gasteiger partial charge in [-0.25, -0.2) is 0 Å². The van der Waals surface area contributed by atoms with Crippen molar-refractivity contribution in [1.82, 2.24) is 0 Å². The summed E-state index contributed by atoms with van der Waals surface area (Å²) in [5.74, 6) is -0.240. The topological polar surface area (TPSA) is 58.9 Å². The second kappa shape index (κ2) is 3.30. The van der Waals surface area contributed by atoms with Gasteiger partial charge in [0, 0.05) is 13.0 Å². The fraction of sp³-hybridized carbons (Fsp3) is 1.00. The van der Waals surface area contributed by atoms with Crippen LogP contribution in [0.15, 0.2) is 0 Å². The van der Waals surface area contributed by atoms with E-state index >= 15 is 0 Å². The van der Waals surface area contributed by atoms with Gasteiger partial charge in [0.15, 0.2) is 6.29 Å². The van der Waals surface area contributed by atoms with Gasteiger partial charge in [-0.2, -0.15) is 0 Å². The van der Waals surface area contributed by atoms with Gasteiger partial charge >= 0.3 is 0 Å². The first-order valence-electron chi connectivity index (χ1n) is 4.04. The zero-order chi connectivity index (χ0) is 9.35. The molecule has 4 atom stereocenters. The van der Waals surface area contributed by atoms with Gasteiger partial charge in [-0.1, -0.05) is 6.92 Å². The Bertz CT molecular complexity index is 157. The Balaban J connectivity index is 2.65. The van der Waals surface area contributed by atoms with E-state index in [2.05, 4.69) is 0 Å². The molecule has 1 saturated heterocycles. The molecule has 1 rings (SSSR count). The molecule has 2 unspecified atom stereocenters. The van der Waals surface area contributed by atoms with Gasteiger partial charge in [0.2, 0.25) is 0 Å². The average Bonchev–Trinajstić information content (AvgIpc) is 2.01. The summed E-state index contributed by atoms with van der Waals surface area (Å²) in [6.07, 6.45) is -1.38. The van der Waals surface area contributed by atoms with E-state index < -0.39 is 18.0 Å². The Kier molecular flexibility index (Phi) is 2.73. The van der Waals surface area contributed by atoms with Crippen molar-refractivity contribution in [2.75, 3.05) is 13.7 Å². The molecule has 0 saturated carbocycles. The molecule has 0 bridgehead atoms. The van der Waals surface area contributed by atoms with Crippen LogP contribution < -0.4 is 0 Å². The minimum atomic E-state index is -0.964. The monoisotopic (exact) mass is 176 g/mol. The van der Waals surface area contributed by atoms with Crippen molar-refractivity contribution >= 4 is 0 Å². The number of aliphatic hydroxyl groups is 2. The molecule has 0 aromatic heterocycles. The van der Waals surface area contributed by atoms with Crippen LogP contribution in [0.4, 0.5) is 0 Å². The Morgan fingerprint density at radius 3 is 2.67 bits per heavy atom. The molecule has 2 N–H and O–H groups in total. The Morgan fingerprint density at radius 2 is 2.17 bits per heavy atom. The van der Waals surface area contributed by atoms with Crippen molar-refractivity contribution < 1.29 is 19.7 Å². The van der Waals surface area contributed by atoms with E-state index in [1.807, 2.05) is 0 Å². The van der Waals surface area contributed by atoms with Crippen LogP contribution in [0.3, 0.4) is 0 Å². The summed E-state index contributed by atoms with van der Waals surface area (Å²) in [7, 11) is 1.47. The second-order valence-corrected chi connectivity index (χ2v) is 3.55. The molecule has 1 aliphatic heterocycles. The number of hydrogen-bond acceptors (Lipinski definition) is 4. The summed E-state index contributed by atoms with van der Waals surface area (Å²) >= 11 is 0. The fourth-order valence-corrected chi connectivity index (χ4v) is 1.29. The first-order chi connectivity index (χ1) is 5.49. The molecular formula is C8H16O4. The minimum Gasteiger partial charge on any atom is -0.387 e. The van der Waals surface area contributed by atoms with Gasteiger partial charge in [-0.3, -0.25) is 0 Å². The molecule has 1 aliphatic rings. The van der Waals surface area contributed by atoms with E-state index in [9.17, 15) is 10.2 Å². The van der Waals surface area contributed by atoms with Crippen LogP contribution in [-0.2, 0) is 9.47 Å². The van der Waals surface area contributed by atoms with Crippen molar-refractivity contribution in [2.45, 2.75) is 31.8 Å². The first-order valence-corrected chi connectivity index (χ1v) is 4.04. The maximum Gasteiger partial charge on any atom is 0.183 e. The van der Waals surface area contributed by atoms with Crippen molar-refractivity contribution in [3.05, 3.63) is 0 Å². The van der Waals surface area contributed by atoms with Crippen LogP contribution in [-0.4, -0.2) is 41.9 Å². The lowest BCUT2D eigenvalue weighted by molar-refractivity contribution is -0.269. The van der Waals surface area contributed by atoms with E-state index in [0.717, 1.165) is 0 Å². The molecule has 12 heavy (non-hydrogen) atoms. The smallest absolute Gasteiger partial charge is 0.183 e. The largest absolute Gasteiger partial charge is 0.387 e.